The first kappa shape index (κ1) is 18.1. The highest BCUT2D eigenvalue weighted by atomic mass is 32.3. The Morgan fingerprint density at radius 3 is 1.19 bits per heavy atom. The summed E-state index contributed by atoms with van der Waals surface area (Å²) in [5, 5.41) is 0. The van der Waals surface area contributed by atoms with Gasteiger partial charge in [0.2, 0.25) is 5.82 Å². The van der Waals surface area contributed by atoms with Crippen LogP contribution < -0.4 is 0 Å². The van der Waals surface area contributed by atoms with Crippen LogP contribution in [0, 0.1) is 29.1 Å². The highest BCUT2D eigenvalue weighted by Crippen LogP contribution is 2.61. The highest BCUT2D eigenvalue weighted by Gasteiger charge is 2.40. The topological polar surface area (TPSA) is 27.7 Å². The molecule has 0 fully saturated rings. The maximum absolute atomic E-state index is 13.9. The Hall–Kier alpha value is -0.900. The summed E-state index contributed by atoms with van der Waals surface area (Å²) in [5.41, 5.74) is 0. The summed E-state index contributed by atoms with van der Waals surface area (Å²) in [5.74, 6) is -10.4. The fourth-order valence-electron chi connectivity index (χ4n) is 1.55. The second kappa shape index (κ2) is 7.39. The molecule has 9 heteroatoms. The van der Waals surface area contributed by atoms with E-state index in [1.165, 1.54) is 20.8 Å². The van der Waals surface area contributed by atoms with Crippen LogP contribution in [-0.2, 0) is 12.5 Å². The lowest BCUT2D eigenvalue weighted by Crippen LogP contribution is -2.19. The van der Waals surface area contributed by atoms with Gasteiger partial charge in [-0.05, 0) is 20.8 Å². The number of hydrogen-bond acceptors (Lipinski definition) is 3. The number of halogens is 5. The molecule has 122 valence electrons. The monoisotopic (exact) mass is 334 g/mol. The zero-order valence-corrected chi connectivity index (χ0v) is 12.5. The molecule has 0 aliphatic carbocycles. The quantitative estimate of drug-likeness (QED) is 0.420. The van der Waals surface area contributed by atoms with E-state index in [1.54, 1.807) is 0 Å². The molecule has 1 aromatic carbocycles. The molecule has 0 unspecified atom stereocenters. The molecule has 3 nitrogen and oxygen atoms in total. The average Bonchev–Trinajstić information content (AvgIpc) is 2.44. The summed E-state index contributed by atoms with van der Waals surface area (Å²) >= 11 is 0. The Morgan fingerprint density at radius 2 is 0.905 bits per heavy atom. The van der Waals surface area contributed by atoms with E-state index in [4.69, 9.17) is 12.5 Å². The van der Waals surface area contributed by atoms with Crippen LogP contribution in [0.3, 0.4) is 0 Å². The number of benzene rings is 1. The zero-order chi connectivity index (χ0) is 16.2. The first-order chi connectivity index (χ1) is 9.86. The molecule has 1 aromatic rings. The third kappa shape index (κ3) is 3.31. The van der Waals surface area contributed by atoms with E-state index in [-0.39, 0.29) is 19.8 Å². The predicted octanol–water partition coefficient (Wildman–Crippen LogP) is 4.40. The van der Waals surface area contributed by atoms with Crippen LogP contribution in [-0.4, -0.2) is 19.8 Å². The van der Waals surface area contributed by atoms with Gasteiger partial charge in [-0.15, -0.1) is 0 Å². The maximum Gasteiger partial charge on any atom is 0.200 e. The molecule has 1 rings (SSSR count). The minimum atomic E-state index is -3.55. The average molecular weight is 334 g/mol. The lowest BCUT2D eigenvalue weighted by atomic mass is 10.3. The van der Waals surface area contributed by atoms with Gasteiger partial charge in [0.25, 0.3) is 0 Å². The fourth-order valence-corrected chi connectivity index (χ4v) is 3.66. The molecule has 0 spiro atoms. The largest absolute Gasteiger partial charge is 0.289 e. The molecule has 0 aliphatic heterocycles. The maximum atomic E-state index is 13.9. The van der Waals surface area contributed by atoms with E-state index < -0.39 is 44.9 Å². The summed E-state index contributed by atoms with van der Waals surface area (Å²) < 4.78 is 83.0. The van der Waals surface area contributed by atoms with Crippen LogP contribution in [0.15, 0.2) is 4.90 Å². The van der Waals surface area contributed by atoms with Gasteiger partial charge in [-0.1, -0.05) is 0 Å². The lowest BCUT2D eigenvalue weighted by Gasteiger charge is -2.37. The highest BCUT2D eigenvalue weighted by molar-refractivity contribution is 8.21. The van der Waals surface area contributed by atoms with Crippen LogP contribution in [0.1, 0.15) is 20.8 Å². The minimum absolute atomic E-state index is 0.102. The van der Waals surface area contributed by atoms with Crippen LogP contribution >= 0.6 is 10.9 Å². The van der Waals surface area contributed by atoms with Crippen LogP contribution in [0.2, 0.25) is 0 Å². The van der Waals surface area contributed by atoms with E-state index in [0.29, 0.717) is 0 Å². The van der Waals surface area contributed by atoms with Crippen LogP contribution in [0.25, 0.3) is 0 Å². The van der Waals surface area contributed by atoms with Gasteiger partial charge < -0.3 is 0 Å². The standard InChI is InChI=1S/C12H15F5O3S/c1-4-18-21(19-5-2,20-6-3)12-10(16)8(14)7(13)9(15)11(12)17/h4-6H2,1-3H3. The Bertz CT molecular complexity index is 466. The van der Waals surface area contributed by atoms with E-state index in [1.807, 2.05) is 0 Å². The van der Waals surface area contributed by atoms with Crippen molar-refractivity contribution in [2.45, 2.75) is 25.7 Å². The van der Waals surface area contributed by atoms with Gasteiger partial charge in [0, 0.05) is 0 Å². The normalized spacial score (nSPS) is 12.8. The van der Waals surface area contributed by atoms with Gasteiger partial charge in [0.1, 0.15) is 15.8 Å². The van der Waals surface area contributed by atoms with Gasteiger partial charge in [-0.2, -0.15) is 0 Å². The predicted molar refractivity (Wildman–Crippen MR) is 67.0 cm³/mol. The van der Waals surface area contributed by atoms with Gasteiger partial charge in [-0.3, -0.25) is 12.5 Å². The summed E-state index contributed by atoms with van der Waals surface area (Å²) in [7, 11) is -3.55. The van der Waals surface area contributed by atoms with Crippen molar-refractivity contribution < 1.29 is 34.5 Å². The molecule has 0 saturated heterocycles. The molecule has 0 radical (unpaired) electrons. The smallest absolute Gasteiger partial charge is 0.200 e. The Kier molecular flexibility index (Phi) is 6.39. The summed E-state index contributed by atoms with van der Waals surface area (Å²) in [6.45, 7) is 4.13. The fraction of sp³-hybridized carbons (Fsp3) is 0.500. The second-order valence-corrected chi connectivity index (χ2v) is 5.60. The van der Waals surface area contributed by atoms with Gasteiger partial charge in [-0.25, -0.2) is 22.0 Å². The number of hydrogen-bond donors (Lipinski definition) is 0. The van der Waals surface area contributed by atoms with Crippen molar-refractivity contribution in [3.8, 4) is 0 Å². The minimum Gasteiger partial charge on any atom is -0.289 e. The first-order valence-electron chi connectivity index (χ1n) is 6.14. The van der Waals surface area contributed by atoms with Crippen molar-refractivity contribution in [3.05, 3.63) is 29.1 Å². The molecule has 0 aromatic heterocycles. The lowest BCUT2D eigenvalue weighted by molar-refractivity contribution is 0.179. The molecule has 0 heterocycles. The summed E-state index contributed by atoms with van der Waals surface area (Å²) in [6, 6.07) is 0. The van der Waals surface area contributed by atoms with E-state index in [2.05, 4.69) is 0 Å². The van der Waals surface area contributed by atoms with Crippen molar-refractivity contribution in [1.82, 2.24) is 0 Å². The van der Waals surface area contributed by atoms with Crippen molar-refractivity contribution in [2.75, 3.05) is 19.8 Å². The zero-order valence-electron chi connectivity index (χ0n) is 11.6. The first-order valence-corrected chi connectivity index (χ1v) is 7.54. The molecule has 0 N–H and O–H groups in total. The van der Waals surface area contributed by atoms with Gasteiger partial charge in [0.05, 0.1) is 19.8 Å². The summed E-state index contributed by atoms with van der Waals surface area (Å²) in [6.07, 6.45) is 0. The van der Waals surface area contributed by atoms with Crippen molar-refractivity contribution in [1.29, 1.82) is 0 Å². The second-order valence-electron chi connectivity index (χ2n) is 3.57. The Balaban J connectivity index is 3.64. The molecule has 0 amide bonds. The molecule has 21 heavy (non-hydrogen) atoms. The molecular formula is C12H15F5O3S. The molecule has 0 atom stereocenters. The molecule has 0 saturated carbocycles. The summed E-state index contributed by atoms with van der Waals surface area (Å²) in [4.78, 5) is -1.22. The van der Waals surface area contributed by atoms with Gasteiger partial charge >= 0.3 is 0 Å². The Labute approximate surface area is 120 Å². The van der Waals surface area contributed by atoms with Crippen molar-refractivity contribution in [3.63, 3.8) is 0 Å². The number of rotatable bonds is 7. The third-order valence-electron chi connectivity index (χ3n) is 2.24. The molecule has 0 bridgehead atoms. The van der Waals surface area contributed by atoms with Crippen LogP contribution in [0.4, 0.5) is 22.0 Å². The molecule has 0 aliphatic rings. The third-order valence-corrected chi connectivity index (χ3v) is 4.73. The Morgan fingerprint density at radius 1 is 0.619 bits per heavy atom. The van der Waals surface area contributed by atoms with Crippen LogP contribution in [0.5, 0.6) is 0 Å². The van der Waals surface area contributed by atoms with E-state index in [9.17, 15) is 22.0 Å². The van der Waals surface area contributed by atoms with E-state index >= 15 is 0 Å². The van der Waals surface area contributed by atoms with E-state index in [0.717, 1.165) is 0 Å². The SMILES string of the molecule is CCOS(OCC)(OCC)c1c(F)c(F)c(F)c(F)c1F. The van der Waals surface area contributed by atoms with Crippen molar-refractivity contribution in [2.24, 2.45) is 0 Å². The van der Waals surface area contributed by atoms with Crippen molar-refractivity contribution >= 4 is 10.9 Å². The molecular weight excluding hydrogens is 319 g/mol. The van der Waals surface area contributed by atoms with Gasteiger partial charge in [0.15, 0.2) is 23.3 Å².